The second-order valence-corrected chi connectivity index (χ2v) is 10.9. The Morgan fingerprint density at radius 3 is 2.03 bits per heavy atom. The molecule has 34 heavy (non-hydrogen) atoms. The summed E-state index contributed by atoms with van der Waals surface area (Å²) in [6.45, 7) is 3.94. The highest BCUT2D eigenvalue weighted by atomic mass is 32.2. The number of hydrogen-bond acceptors (Lipinski definition) is 4. The predicted octanol–water partition coefficient (Wildman–Crippen LogP) is 3.77. The number of sulfonamides is 1. The molecule has 1 aliphatic heterocycles. The van der Waals surface area contributed by atoms with E-state index < -0.39 is 10.0 Å². The zero-order valence-corrected chi connectivity index (χ0v) is 20.1. The molecule has 0 N–H and O–H groups in total. The molecule has 0 saturated carbocycles. The second kappa shape index (κ2) is 10.1. The number of aryl methyl sites for hydroxylation is 1. The number of piperazine rings is 1. The van der Waals surface area contributed by atoms with E-state index in [1.165, 1.54) is 5.56 Å². The highest BCUT2D eigenvalue weighted by Gasteiger charge is 2.27. The van der Waals surface area contributed by atoms with Crippen molar-refractivity contribution in [2.75, 3.05) is 31.9 Å². The third-order valence-electron chi connectivity index (χ3n) is 6.50. The van der Waals surface area contributed by atoms with E-state index in [0.29, 0.717) is 39.1 Å². The number of para-hydroxylation sites is 2. The summed E-state index contributed by atoms with van der Waals surface area (Å²) in [6, 6.07) is 28.5. The van der Waals surface area contributed by atoms with Crippen molar-refractivity contribution in [2.45, 2.75) is 19.5 Å². The van der Waals surface area contributed by atoms with Gasteiger partial charge in [-0.05, 0) is 29.7 Å². The van der Waals surface area contributed by atoms with Crippen LogP contribution in [0.15, 0.2) is 84.9 Å². The molecule has 1 aliphatic rings. The van der Waals surface area contributed by atoms with Crippen molar-refractivity contribution >= 4 is 21.1 Å². The number of benzene rings is 3. The Morgan fingerprint density at radius 1 is 0.706 bits per heavy atom. The summed E-state index contributed by atoms with van der Waals surface area (Å²) < 4.78 is 29.7. The van der Waals surface area contributed by atoms with Crippen molar-refractivity contribution in [1.82, 2.24) is 18.8 Å². The van der Waals surface area contributed by atoms with Gasteiger partial charge in [-0.2, -0.15) is 4.31 Å². The molecule has 0 spiro atoms. The maximum absolute atomic E-state index is 12.9. The molecule has 0 atom stereocenters. The van der Waals surface area contributed by atoms with E-state index in [4.69, 9.17) is 4.98 Å². The first kappa shape index (κ1) is 22.8. The summed E-state index contributed by atoms with van der Waals surface area (Å²) >= 11 is 0. The molecule has 0 radical (unpaired) electrons. The van der Waals surface area contributed by atoms with Gasteiger partial charge in [-0.25, -0.2) is 13.4 Å². The van der Waals surface area contributed by atoms with Crippen molar-refractivity contribution in [3.8, 4) is 0 Å². The van der Waals surface area contributed by atoms with Crippen LogP contribution in [0.4, 0.5) is 0 Å². The van der Waals surface area contributed by atoms with Crippen molar-refractivity contribution in [3.05, 3.63) is 102 Å². The van der Waals surface area contributed by atoms with Crippen LogP contribution in [0, 0.1) is 0 Å². The van der Waals surface area contributed by atoms with E-state index in [-0.39, 0.29) is 5.75 Å². The largest absolute Gasteiger partial charge is 0.322 e. The topological polar surface area (TPSA) is 58.4 Å². The number of fused-ring (bicyclic) bond motifs is 1. The highest BCUT2D eigenvalue weighted by Crippen LogP contribution is 2.20. The lowest BCUT2D eigenvalue weighted by atomic mass is 10.2. The fourth-order valence-electron chi connectivity index (χ4n) is 4.57. The van der Waals surface area contributed by atoms with Crippen LogP contribution in [-0.2, 0) is 29.5 Å². The Hall–Kier alpha value is -3.00. The molecule has 0 unspecified atom stereocenters. The van der Waals surface area contributed by atoms with Crippen molar-refractivity contribution in [2.24, 2.45) is 0 Å². The Morgan fingerprint density at radius 2 is 1.32 bits per heavy atom. The SMILES string of the molecule is O=S(=O)(CCc1ccccc1)N1CCN(Cc2nc3ccccc3n2Cc2ccccc2)CC1. The van der Waals surface area contributed by atoms with Crippen molar-refractivity contribution < 1.29 is 8.42 Å². The third-order valence-corrected chi connectivity index (χ3v) is 8.37. The van der Waals surface area contributed by atoms with Gasteiger partial charge in [0.15, 0.2) is 0 Å². The summed E-state index contributed by atoms with van der Waals surface area (Å²) in [5.41, 5.74) is 4.42. The van der Waals surface area contributed by atoms with Gasteiger partial charge in [0.05, 0.1) is 23.3 Å². The van der Waals surface area contributed by atoms with E-state index in [1.807, 2.05) is 48.5 Å². The fraction of sp³-hybridized carbons (Fsp3) is 0.296. The minimum Gasteiger partial charge on any atom is -0.322 e. The van der Waals surface area contributed by atoms with Gasteiger partial charge in [0, 0.05) is 32.7 Å². The average molecular weight is 475 g/mol. The fourth-order valence-corrected chi connectivity index (χ4v) is 6.05. The first-order valence-corrected chi connectivity index (χ1v) is 13.4. The molecule has 7 heteroatoms. The summed E-state index contributed by atoms with van der Waals surface area (Å²) in [7, 11) is -3.26. The van der Waals surface area contributed by atoms with Gasteiger partial charge >= 0.3 is 0 Å². The monoisotopic (exact) mass is 474 g/mol. The van der Waals surface area contributed by atoms with Crippen LogP contribution < -0.4 is 0 Å². The van der Waals surface area contributed by atoms with Gasteiger partial charge in [-0.3, -0.25) is 4.90 Å². The van der Waals surface area contributed by atoms with E-state index in [1.54, 1.807) is 4.31 Å². The molecule has 3 aromatic carbocycles. The van der Waals surface area contributed by atoms with Crippen LogP contribution >= 0.6 is 0 Å². The third kappa shape index (κ3) is 5.22. The standard InChI is InChI=1S/C27H30N4O2S/c32-34(33,20-15-23-9-3-1-4-10-23)30-18-16-29(17-19-30)22-27-28-25-13-7-8-14-26(25)31(27)21-24-11-5-2-6-12-24/h1-14H,15-22H2. The van der Waals surface area contributed by atoms with Crippen LogP contribution in [-0.4, -0.2) is 59.1 Å². The molecule has 2 heterocycles. The minimum absolute atomic E-state index is 0.157. The quantitative estimate of drug-likeness (QED) is 0.390. The second-order valence-electron chi connectivity index (χ2n) is 8.82. The Kier molecular flexibility index (Phi) is 6.76. The lowest BCUT2D eigenvalue weighted by Crippen LogP contribution is -2.49. The zero-order valence-electron chi connectivity index (χ0n) is 19.3. The van der Waals surface area contributed by atoms with Gasteiger partial charge in [0.1, 0.15) is 5.82 Å². The zero-order chi connectivity index (χ0) is 23.4. The molecule has 5 rings (SSSR count). The smallest absolute Gasteiger partial charge is 0.214 e. The Balaban J connectivity index is 1.25. The highest BCUT2D eigenvalue weighted by molar-refractivity contribution is 7.89. The summed E-state index contributed by atoms with van der Waals surface area (Å²) in [6.07, 6.45) is 0.549. The average Bonchev–Trinajstić information content (AvgIpc) is 3.21. The van der Waals surface area contributed by atoms with E-state index in [0.717, 1.165) is 29.0 Å². The van der Waals surface area contributed by atoms with Crippen LogP contribution in [0.5, 0.6) is 0 Å². The number of hydrogen-bond donors (Lipinski definition) is 0. The molecule has 1 aromatic heterocycles. The summed E-state index contributed by atoms with van der Waals surface area (Å²) in [5, 5.41) is 0. The van der Waals surface area contributed by atoms with Crippen LogP contribution in [0.1, 0.15) is 17.0 Å². The van der Waals surface area contributed by atoms with Gasteiger partial charge < -0.3 is 4.57 Å². The number of imidazole rings is 1. The molecule has 0 amide bonds. The lowest BCUT2D eigenvalue weighted by Gasteiger charge is -2.33. The summed E-state index contributed by atoms with van der Waals surface area (Å²) in [5.74, 6) is 1.18. The Bertz CT molecular complexity index is 1330. The molecule has 176 valence electrons. The van der Waals surface area contributed by atoms with Gasteiger partial charge in [-0.1, -0.05) is 72.8 Å². The maximum Gasteiger partial charge on any atom is 0.214 e. The van der Waals surface area contributed by atoms with Crippen molar-refractivity contribution in [1.29, 1.82) is 0 Å². The van der Waals surface area contributed by atoms with E-state index in [9.17, 15) is 8.42 Å². The predicted molar refractivity (Wildman–Crippen MR) is 136 cm³/mol. The molecule has 4 aromatic rings. The van der Waals surface area contributed by atoms with Crippen LogP contribution in [0.3, 0.4) is 0 Å². The minimum atomic E-state index is -3.26. The lowest BCUT2D eigenvalue weighted by molar-refractivity contribution is 0.177. The first-order valence-electron chi connectivity index (χ1n) is 11.8. The molecule has 0 aliphatic carbocycles. The van der Waals surface area contributed by atoms with Gasteiger partial charge in [0.2, 0.25) is 10.0 Å². The first-order chi connectivity index (χ1) is 16.6. The summed E-state index contributed by atoms with van der Waals surface area (Å²) in [4.78, 5) is 7.23. The molecule has 1 fully saturated rings. The number of aromatic nitrogens is 2. The van der Waals surface area contributed by atoms with Gasteiger partial charge in [0.25, 0.3) is 0 Å². The molecule has 6 nitrogen and oxygen atoms in total. The van der Waals surface area contributed by atoms with E-state index in [2.05, 4.69) is 45.9 Å². The van der Waals surface area contributed by atoms with Crippen LogP contribution in [0.2, 0.25) is 0 Å². The number of rotatable bonds is 8. The van der Waals surface area contributed by atoms with Gasteiger partial charge in [-0.15, -0.1) is 0 Å². The molecular weight excluding hydrogens is 444 g/mol. The molecular formula is C27H30N4O2S. The Labute approximate surface area is 201 Å². The van der Waals surface area contributed by atoms with Crippen LogP contribution in [0.25, 0.3) is 11.0 Å². The maximum atomic E-state index is 12.9. The number of nitrogens with zero attached hydrogens (tertiary/aromatic N) is 4. The normalized spacial score (nSPS) is 15.6. The van der Waals surface area contributed by atoms with Crippen molar-refractivity contribution in [3.63, 3.8) is 0 Å². The molecule has 1 saturated heterocycles. The van der Waals surface area contributed by atoms with E-state index >= 15 is 0 Å². The molecule has 0 bridgehead atoms.